The highest BCUT2D eigenvalue weighted by Crippen LogP contribution is 2.21. The number of aromatic carboxylic acids is 1. The standard InChI is InChI=1S/C14H19ClN2O3/c1-4-17(8-9(2)3)14(20)16-10-5-6-11(13(18)19)12(15)7-10/h5-7,9H,4,8H2,1-3H3,(H,16,20)(H,18,19). The van der Waals surface area contributed by atoms with Gasteiger partial charge in [0.25, 0.3) is 0 Å². The molecular weight excluding hydrogens is 280 g/mol. The van der Waals surface area contributed by atoms with Gasteiger partial charge in [0.1, 0.15) is 0 Å². The Balaban J connectivity index is 2.80. The molecule has 20 heavy (non-hydrogen) atoms. The average molecular weight is 299 g/mol. The summed E-state index contributed by atoms with van der Waals surface area (Å²) in [5.41, 5.74) is 0.492. The normalized spacial score (nSPS) is 10.4. The molecule has 1 rings (SSSR count). The molecule has 0 saturated carbocycles. The molecule has 0 fully saturated rings. The molecule has 0 saturated heterocycles. The number of halogens is 1. The van der Waals surface area contributed by atoms with E-state index in [4.69, 9.17) is 16.7 Å². The van der Waals surface area contributed by atoms with E-state index in [0.29, 0.717) is 24.7 Å². The maximum absolute atomic E-state index is 12.1. The molecule has 2 amide bonds. The van der Waals surface area contributed by atoms with Gasteiger partial charge in [-0.3, -0.25) is 0 Å². The van der Waals surface area contributed by atoms with Crippen molar-refractivity contribution < 1.29 is 14.7 Å². The summed E-state index contributed by atoms with van der Waals surface area (Å²) in [5.74, 6) is -0.721. The van der Waals surface area contributed by atoms with Crippen LogP contribution in [-0.2, 0) is 0 Å². The van der Waals surface area contributed by atoms with Crippen molar-refractivity contribution in [1.29, 1.82) is 0 Å². The highest BCUT2D eigenvalue weighted by Gasteiger charge is 2.14. The van der Waals surface area contributed by atoms with Gasteiger partial charge in [-0.2, -0.15) is 0 Å². The second-order valence-corrected chi connectivity index (χ2v) is 5.27. The Morgan fingerprint density at radius 2 is 2.05 bits per heavy atom. The molecule has 0 spiro atoms. The number of rotatable bonds is 5. The van der Waals surface area contributed by atoms with Crippen LogP contribution in [-0.4, -0.2) is 35.1 Å². The monoisotopic (exact) mass is 298 g/mol. The van der Waals surface area contributed by atoms with Crippen molar-refractivity contribution >= 4 is 29.3 Å². The maximum atomic E-state index is 12.1. The van der Waals surface area contributed by atoms with Crippen molar-refractivity contribution in [2.75, 3.05) is 18.4 Å². The predicted molar refractivity (Wildman–Crippen MR) is 79.5 cm³/mol. The Hall–Kier alpha value is -1.75. The number of hydrogen-bond donors (Lipinski definition) is 2. The Bertz CT molecular complexity index is 503. The second kappa shape index (κ2) is 7.14. The second-order valence-electron chi connectivity index (χ2n) is 4.86. The number of urea groups is 1. The lowest BCUT2D eigenvalue weighted by Gasteiger charge is -2.23. The first-order valence-corrected chi connectivity index (χ1v) is 6.81. The number of hydrogen-bond acceptors (Lipinski definition) is 2. The topological polar surface area (TPSA) is 69.6 Å². The first kappa shape index (κ1) is 16.3. The molecule has 2 N–H and O–H groups in total. The third-order valence-electron chi connectivity index (χ3n) is 2.71. The largest absolute Gasteiger partial charge is 0.478 e. The van der Waals surface area contributed by atoms with Gasteiger partial charge < -0.3 is 15.3 Å². The molecule has 0 aliphatic heterocycles. The molecule has 0 bridgehead atoms. The van der Waals surface area contributed by atoms with E-state index in [1.807, 2.05) is 20.8 Å². The number of amides is 2. The summed E-state index contributed by atoms with van der Waals surface area (Å²) in [4.78, 5) is 24.6. The van der Waals surface area contributed by atoms with Crippen molar-refractivity contribution in [3.05, 3.63) is 28.8 Å². The van der Waals surface area contributed by atoms with Crippen LogP contribution in [0.5, 0.6) is 0 Å². The van der Waals surface area contributed by atoms with E-state index in [9.17, 15) is 9.59 Å². The van der Waals surface area contributed by atoms with E-state index in [0.717, 1.165) is 0 Å². The SMILES string of the molecule is CCN(CC(C)C)C(=O)Nc1ccc(C(=O)O)c(Cl)c1. The van der Waals surface area contributed by atoms with E-state index in [1.165, 1.54) is 18.2 Å². The van der Waals surface area contributed by atoms with E-state index < -0.39 is 5.97 Å². The van der Waals surface area contributed by atoms with Crippen LogP contribution in [0.1, 0.15) is 31.1 Å². The van der Waals surface area contributed by atoms with Crippen LogP contribution in [0.15, 0.2) is 18.2 Å². The molecule has 6 heteroatoms. The fourth-order valence-corrected chi connectivity index (χ4v) is 2.03. The minimum Gasteiger partial charge on any atom is -0.478 e. The van der Waals surface area contributed by atoms with Crippen molar-refractivity contribution in [2.45, 2.75) is 20.8 Å². The molecular formula is C14H19ClN2O3. The predicted octanol–water partition coefficient (Wildman–Crippen LogP) is 3.55. The zero-order chi connectivity index (χ0) is 15.3. The van der Waals surface area contributed by atoms with E-state index in [-0.39, 0.29) is 16.6 Å². The van der Waals surface area contributed by atoms with Gasteiger partial charge >= 0.3 is 12.0 Å². The summed E-state index contributed by atoms with van der Waals surface area (Å²) in [7, 11) is 0. The molecule has 1 aromatic carbocycles. The van der Waals surface area contributed by atoms with Gasteiger partial charge in [-0.15, -0.1) is 0 Å². The Kier molecular flexibility index (Phi) is 5.82. The number of nitrogens with one attached hydrogen (secondary N) is 1. The summed E-state index contributed by atoms with van der Waals surface area (Å²) in [6.45, 7) is 7.24. The number of carbonyl (C=O) groups excluding carboxylic acids is 1. The van der Waals surface area contributed by atoms with Gasteiger partial charge in [0.15, 0.2) is 0 Å². The third-order valence-corrected chi connectivity index (χ3v) is 3.02. The Labute approximate surface area is 123 Å². The highest BCUT2D eigenvalue weighted by molar-refractivity contribution is 6.33. The fourth-order valence-electron chi connectivity index (χ4n) is 1.77. The maximum Gasteiger partial charge on any atom is 0.337 e. The summed E-state index contributed by atoms with van der Waals surface area (Å²) in [5, 5.41) is 11.7. The van der Waals surface area contributed by atoms with Crippen LogP contribution in [0.4, 0.5) is 10.5 Å². The number of anilines is 1. The first-order valence-electron chi connectivity index (χ1n) is 6.43. The van der Waals surface area contributed by atoms with Gasteiger partial charge in [-0.05, 0) is 31.0 Å². The van der Waals surface area contributed by atoms with Crippen LogP contribution in [0.2, 0.25) is 5.02 Å². The third kappa shape index (κ3) is 4.42. The fraction of sp³-hybridized carbons (Fsp3) is 0.429. The molecule has 0 aromatic heterocycles. The molecule has 0 aliphatic carbocycles. The van der Waals surface area contributed by atoms with Crippen molar-refractivity contribution in [3.63, 3.8) is 0 Å². The lowest BCUT2D eigenvalue weighted by molar-refractivity contribution is 0.0697. The molecule has 0 heterocycles. The molecule has 1 aromatic rings. The highest BCUT2D eigenvalue weighted by atomic mass is 35.5. The minimum atomic E-state index is -1.09. The van der Waals surface area contributed by atoms with Crippen LogP contribution in [0.3, 0.4) is 0 Å². The van der Waals surface area contributed by atoms with Crippen molar-refractivity contribution in [2.24, 2.45) is 5.92 Å². The van der Waals surface area contributed by atoms with Gasteiger partial charge in [0, 0.05) is 18.8 Å². The number of benzene rings is 1. The Morgan fingerprint density at radius 3 is 2.50 bits per heavy atom. The summed E-state index contributed by atoms with van der Waals surface area (Å²) in [6.07, 6.45) is 0. The number of carboxylic acid groups (broad SMARTS) is 1. The zero-order valence-corrected chi connectivity index (χ0v) is 12.6. The minimum absolute atomic E-state index is 0.0131. The van der Waals surface area contributed by atoms with Gasteiger partial charge in [-0.25, -0.2) is 9.59 Å². The van der Waals surface area contributed by atoms with E-state index in [1.54, 1.807) is 4.90 Å². The molecule has 0 unspecified atom stereocenters. The zero-order valence-electron chi connectivity index (χ0n) is 11.8. The van der Waals surface area contributed by atoms with Crippen molar-refractivity contribution in [1.82, 2.24) is 4.90 Å². The lowest BCUT2D eigenvalue weighted by atomic mass is 10.2. The molecule has 5 nitrogen and oxygen atoms in total. The smallest absolute Gasteiger partial charge is 0.337 e. The molecule has 0 atom stereocenters. The van der Waals surface area contributed by atoms with Gasteiger partial charge in [0.05, 0.1) is 10.6 Å². The molecule has 0 aliphatic rings. The quantitative estimate of drug-likeness (QED) is 0.873. The van der Waals surface area contributed by atoms with Crippen LogP contribution in [0.25, 0.3) is 0 Å². The average Bonchev–Trinajstić information content (AvgIpc) is 2.35. The van der Waals surface area contributed by atoms with Crippen molar-refractivity contribution in [3.8, 4) is 0 Å². The molecule has 0 radical (unpaired) electrons. The molecule has 110 valence electrons. The summed E-state index contributed by atoms with van der Waals surface area (Å²) >= 11 is 5.86. The Morgan fingerprint density at radius 1 is 1.40 bits per heavy atom. The van der Waals surface area contributed by atoms with Gasteiger partial charge in [-0.1, -0.05) is 25.4 Å². The van der Waals surface area contributed by atoms with Gasteiger partial charge in [0.2, 0.25) is 0 Å². The van der Waals surface area contributed by atoms with E-state index >= 15 is 0 Å². The number of carbonyl (C=O) groups is 2. The lowest BCUT2D eigenvalue weighted by Crippen LogP contribution is -2.37. The number of nitrogens with zero attached hydrogens (tertiary/aromatic N) is 1. The number of carboxylic acids is 1. The van der Waals surface area contributed by atoms with Crippen LogP contribution in [0, 0.1) is 5.92 Å². The summed E-state index contributed by atoms with van der Waals surface area (Å²) < 4.78 is 0. The van der Waals surface area contributed by atoms with Crippen LogP contribution >= 0.6 is 11.6 Å². The summed E-state index contributed by atoms with van der Waals surface area (Å²) in [6, 6.07) is 4.11. The first-order chi connectivity index (χ1) is 9.35. The van der Waals surface area contributed by atoms with Crippen LogP contribution < -0.4 is 5.32 Å². The van der Waals surface area contributed by atoms with E-state index in [2.05, 4.69) is 5.32 Å².